The summed E-state index contributed by atoms with van der Waals surface area (Å²) in [4.78, 5) is 17.7. The van der Waals surface area contributed by atoms with E-state index < -0.39 is 10.0 Å². The van der Waals surface area contributed by atoms with Crippen LogP contribution in [0.5, 0.6) is 5.75 Å². The van der Waals surface area contributed by atoms with Crippen molar-refractivity contribution in [1.29, 1.82) is 0 Å². The zero-order valence-electron chi connectivity index (χ0n) is 17.1. The summed E-state index contributed by atoms with van der Waals surface area (Å²) in [5.41, 5.74) is 1.70. The van der Waals surface area contributed by atoms with Crippen molar-refractivity contribution in [2.24, 2.45) is 0 Å². The smallest absolute Gasteiger partial charge is 0.321 e. The van der Waals surface area contributed by atoms with Crippen LogP contribution in [0.1, 0.15) is 41.8 Å². The summed E-state index contributed by atoms with van der Waals surface area (Å²) >= 11 is 1.33. The molecule has 8 nitrogen and oxygen atoms in total. The highest BCUT2D eigenvalue weighted by atomic mass is 32.2. The van der Waals surface area contributed by atoms with E-state index in [1.54, 1.807) is 12.1 Å². The number of amides is 2. The van der Waals surface area contributed by atoms with Gasteiger partial charge in [-0.15, -0.1) is 0 Å². The molecule has 4 rings (SSSR count). The molecule has 1 fully saturated rings. The molecule has 30 heavy (non-hydrogen) atoms. The van der Waals surface area contributed by atoms with Crippen molar-refractivity contribution < 1.29 is 17.9 Å². The number of aryl methyl sites for hydroxylation is 1. The molecule has 1 aromatic heterocycles. The number of urea groups is 1. The van der Waals surface area contributed by atoms with Crippen LogP contribution in [0.4, 0.5) is 9.93 Å². The fourth-order valence-corrected chi connectivity index (χ4v) is 6.69. The molecule has 10 heteroatoms. The second-order valence-corrected chi connectivity index (χ2v) is 10.7. The Bertz CT molecular complexity index is 1050. The largest absolute Gasteiger partial charge is 0.495 e. The number of rotatable bonds is 5. The Kier molecular flexibility index (Phi) is 5.99. The zero-order chi connectivity index (χ0) is 21.3. The van der Waals surface area contributed by atoms with Crippen LogP contribution in [-0.2, 0) is 23.0 Å². The Morgan fingerprint density at radius 3 is 2.80 bits per heavy atom. The van der Waals surface area contributed by atoms with Crippen molar-refractivity contribution in [2.45, 2.75) is 56.5 Å². The van der Waals surface area contributed by atoms with E-state index in [1.165, 1.54) is 22.8 Å². The highest BCUT2D eigenvalue weighted by Crippen LogP contribution is 2.34. The summed E-state index contributed by atoms with van der Waals surface area (Å²) in [5.74, 6) is 0.335. The topological polar surface area (TPSA) is 101 Å². The molecule has 0 atom stereocenters. The highest BCUT2D eigenvalue weighted by Gasteiger charge is 2.32. The van der Waals surface area contributed by atoms with Crippen LogP contribution in [-0.4, -0.2) is 43.4 Å². The van der Waals surface area contributed by atoms with E-state index in [2.05, 4.69) is 15.6 Å². The number of hydrogen-bond donors (Lipinski definition) is 2. The van der Waals surface area contributed by atoms with Crippen molar-refractivity contribution in [3.8, 4) is 5.75 Å². The van der Waals surface area contributed by atoms with Gasteiger partial charge in [0.1, 0.15) is 10.6 Å². The molecule has 2 aliphatic rings. The number of benzene rings is 1. The minimum Gasteiger partial charge on any atom is -0.495 e. The van der Waals surface area contributed by atoms with Gasteiger partial charge in [0.2, 0.25) is 10.0 Å². The molecule has 1 aliphatic heterocycles. The van der Waals surface area contributed by atoms with E-state index in [-0.39, 0.29) is 23.5 Å². The van der Waals surface area contributed by atoms with Gasteiger partial charge in [-0.3, -0.25) is 5.32 Å². The second-order valence-electron chi connectivity index (χ2n) is 7.71. The first-order valence-electron chi connectivity index (χ1n) is 10.1. The van der Waals surface area contributed by atoms with Crippen LogP contribution >= 0.6 is 11.3 Å². The number of anilines is 1. The molecular formula is C20H26N4O4S2. The van der Waals surface area contributed by atoms with E-state index in [9.17, 15) is 13.2 Å². The van der Waals surface area contributed by atoms with Gasteiger partial charge in [-0.1, -0.05) is 30.2 Å². The van der Waals surface area contributed by atoms with E-state index in [4.69, 9.17) is 4.74 Å². The van der Waals surface area contributed by atoms with Crippen LogP contribution in [0, 0.1) is 6.92 Å². The van der Waals surface area contributed by atoms with Crippen molar-refractivity contribution in [3.05, 3.63) is 34.3 Å². The molecule has 0 saturated heterocycles. The van der Waals surface area contributed by atoms with Gasteiger partial charge in [0.15, 0.2) is 5.13 Å². The molecule has 1 aromatic carbocycles. The molecule has 2 heterocycles. The maximum atomic E-state index is 13.3. The summed E-state index contributed by atoms with van der Waals surface area (Å²) < 4.78 is 33.2. The Morgan fingerprint density at radius 1 is 1.30 bits per heavy atom. The zero-order valence-corrected chi connectivity index (χ0v) is 18.7. The molecule has 2 aromatic rings. The number of methoxy groups -OCH3 is 1. The molecule has 0 radical (unpaired) electrons. The Hall–Kier alpha value is -2.17. The number of nitrogens with one attached hydrogen (secondary N) is 2. The van der Waals surface area contributed by atoms with Crippen molar-refractivity contribution in [1.82, 2.24) is 14.6 Å². The lowest BCUT2D eigenvalue weighted by Gasteiger charge is -2.26. The van der Waals surface area contributed by atoms with Crippen molar-refractivity contribution in [2.75, 3.05) is 19.0 Å². The third kappa shape index (κ3) is 4.30. The third-order valence-electron chi connectivity index (χ3n) is 5.54. The van der Waals surface area contributed by atoms with E-state index in [0.29, 0.717) is 23.8 Å². The lowest BCUT2D eigenvalue weighted by molar-refractivity contribution is 0.248. The van der Waals surface area contributed by atoms with E-state index in [0.717, 1.165) is 41.8 Å². The number of aromatic nitrogens is 1. The SMILES string of the molecule is COc1ccc(C)cc1S(=O)(=O)N1CCc2nc(NC(=O)NC3CCCC3)sc2C1. The average molecular weight is 451 g/mol. The van der Waals surface area contributed by atoms with Gasteiger partial charge in [-0.2, -0.15) is 4.31 Å². The lowest BCUT2D eigenvalue weighted by atomic mass is 10.2. The lowest BCUT2D eigenvalue weighted by Crippen LogP contribution is -2.36. The average Bonchev–Trinajstić information content (AvgIpc) is 3.36. The van der Waals surface area contributed by atoms with Gasteiger partial charge >= 0.3 is 6.03 Å². The summed E-state index contributed by atoms with van der Waals surface area (Å²) in [5, 5.41) is 6.29. The summed E-state index contributed by atoms with van der Waals surface area (Å²) in [6.45, 7) is 2.42. The minimum absolute atomic E-state index is 0.173. The van der Waals surface area contributed by atoms with Crippen LogP contribution in [0.3, 0.4) is 0 Å². The molecule has 0 spiro atoms. The Balaban J connectivity index is 1.48. The molecule has 2 N–H and O–H groups in total. The molecule has 0 unspecified atom stereocenters. The van der Waals surface area contributed by atoms with Gasteiger partial charge in [0.25, 0.3) is 0 Å². The van der Waals surface area contributed by atoms with Crippen LogP contribution in [0.25, 0.3) is 0 Å². The van der Waals surface area contributed by atoms with Gasteiger partial charge < -0.3 is 10.1 Å². The van der Waals surface area contributed by atoms with E-state index >= 15 is 0 Å². The van der Waals surface area contributed by atoms with Crippen LogP contribution in [0.15, 0.2) is 23.1 Å². The Morgan fingerprint density at radius 2 is 2.07 bits per heavy atom. The molecule has 0 bridgehead atoms. The summed E-state index contributed by atoms with van der Waals surface area (Å²) in [7, 11) is -2.24. The predicted molar refractivity (Wildman–Crippen MR) is 116 cm³/mol. The second kappa shape index (κ2) is 8.52. The number of hydrogen-bond acceptors (Lipinski definition) is 6. The number of fused-ring (bicyclic) bond motifs is 1. The van der Waals surface area contributed by atoms with Gasteiger partial charge in [-0.05, 0) is 37.5 Å². The predicted octanol–water partition coefficient (Wildman–Crippen LogP) is 3.27. The first-order chi connectivity index (χ1) is 14.4. The number of nitrogens with zero attached hydrogens (tertiary/aromatic N) is 2. The molecule has 1 saturated carbocycles. The molecule has 2 amide bonds. The standard InChI is InChI=1S/C20H26N4O4S2/c1-13-7-8-16(28-2)18(11-13)30(26,27)24-10-9-15-17(12-24)29-20(22-15)23-19(25)21-14-5-3-4-6-14/h7-8,11,14H,3-6,9-10,12H2,1-2H3,(H2,21,22,23,25). The number of ether oxygens (including phenoxy) is 1. The van der Waals surface area contributed by atoms with Gasteiger partial charge in [0.05, 0.1) is 19.3 Å². The number of carbonyl (C=O) groups is 1. The number of carbonyl (C=O) groups excluding carboxylic acids is 1. The number of thiazole rings is 1. The first-order valence-corrected chi connectivity index (χ1v) is 12.3. The summed E-state index contributed by atoms with van der Waals surface area (Å²) in [6, 6.07) is 5.11. The fourth-order valence-electron chi connectivity index (χ4n) is 3.94. The molecule has 1 aliphatic carbocycles. The maximum Gasteiger partial charge on any atom is 0.321 e. The maximum absolute atomic E-state index is 13.3. The molecule has 162 valence electrons. The van der Waals surface area contributed by atoms with Gasteiger partial charge in [-0.25, -0.2) is 18.2 Å². The normalized spacial score (nSPS) is 17.5. The fraction of sp³-hybridized carbons (Fsp3) is 0.500. The van der Waals surface area contributed by atoms with Gasteiger partial charge in [0, 0.05) is 23.9 Å². The third-order valence-corrected chi connectivity index (χ3v) is 8.41. The summed E-state index contributed by atoms with van der Waals surface area (Å²) in [6.07, 6.45) is 4.82. The monoisotopic (exact) mass is 450 g/mol. The van der Waals surface area contributed by atoms with Crippen LogP contribution in [0.2, 0.25) is 0 Å². The van der Waals surface area contributed by atoms with Crippen LogP contribution < -0.4 is 15.4 Å². The minimum atomic E-state index is -3.71. The highest BCUT2D eigenvalue weighted by molar-refractivity contribution is 7.89. The quantitative estimate of drug-likeness (QED) is 0.728. The van der Waals surface area contributed by atoms with Crippen molar-refractivity contribution >= 4 is 32.5 Å². The number of sulfonamides is 1. The molecular weight excluding hydrogens is 424 g/mol. The Labute approximate surface area is 180 Å². The van der Waals surface area contributed by atoms with Crippen molar-refractivity contribution in [3.63, 3.8) is 0 Å². The van der Waals surface area contributed by atoms with E-state index in [1.807, 2.05) is 13.0 Å². The first kappa shape index (κ1) is 21.1.